The summed E-state index contributed by atoms with van der Waals surface area (Å²) < 4.78 is 5.16. The summed E-state index contributed by atoms with van der Waals surface area (Å²) in [5.74, 6) is 0.444. The van der Waals surface area contributed by atoms with E-state index in [-0.39, 0.29) is 5.91 Å². The van der Waals surface area contributed by atoms with Crippen LogP contribution in [-0.2, 0) is 13.0 Å². The van der Waals surface area contributed by atoms with Crippen LogP contribution in [0.2, 0.25) is 0 Å². The van der Waals surface area contributed by atoms with Crippen LogP contribution in [0.25, 0.3) is 0 Å². The Bertz CT molecular complexity index is 620. The molecule has 0 bridgehead atoms. The summed E-state index contributed by atoms with van der Waals surface area (Å²) in [4.78, 5) is 12.4. The van der Waals surface area contributed by atoms with Crippen molar-refractivity contribution in [3.8, 4) is 0 Å². The predicted molar refractivity (Wildman–Crippen MR) is 82.4 cm³/mol. The number of hydrogen-bond acceptors (Lipinski definition) is 4. The van der Waals surface area contributed by atoms with E-state index in [2.05, 4.69) is 22.7 Å². The second-order valence-electron chi connectivity index (χ2n) is 4.85. The molecule has 0 aliphatic carbocycles. The van der Waals surface area contributed by atoms with Gasteiger partial charge in [0.15, 0.2) is 0 Å². The summed E-state index contributed by atoms with van der Waals surface area (Å²) in [6, 6.07) is 7.81. The van der Waals surface area contributed by atoms with Gasteiger partial charge in [0, 0.05) is 18.7 Å². The van der Waals surface area contributed by atoms with Crippen LogP contribution in [0.4, 0.5) is 5.69 Å². The first-order valence-electron chi connectivity index (χ1n) is 7.21. The van der Waals surface area contributed by atoms with Crippen LogP contribution in [0, 0.1) is 6.92 Å². The molecule has 5 nitrogen and oxygen atoms in total. The fraction of sp³-hybridized carbons (Fsp3) is 0.375. The summed E-state index contributed by atoms with van der Waals surface area (Å²) in [7, 11) is 0. The molecule has 0 atom stereocenters. The largest absolute Gasteiger partial charge is 0.360 e. The van der Waals surface area contributed by atoms with Gasteiger partial charge in [-0.2, -0.15) is 0 Å². The van der Waals surface area contributed by atoms with E-state index in [1.165, 1.54) is 0 Å². The van der Waals surface area contributed by atoms with Crippen molar-refractivity contribution in [3.63, 3.8) is 0 Å². The number of carbonyl (C=O) groups excluding carboxylic acids is 1. The second kappa shape index (κ2) is 7.04. The van der Waals surface area contributed by atoms with Crippen molar-refractivity contribution < 1.29 is 9.32 Å². The zero-order valence-electron chi connectivity index (χ0n) is 12.7. The molecular formula is C16H21N3O2. The quantitative estimate of drug-likeness (QED) is 0.857. The zero-order valence-corrected chi connectivity index (χ0v) is 12.7. The SMILES string of the molecule is CCNCc1cccc(NC(=O)c2c(C)noc2CC)c1. The van der Waals surface area contributed by atoms with E-state index in [9.17, 15) is 4.79 Å². The minimum atomic E-state index is -0.175. The fourth-order valence-corrected chi connectivity index (χ4v) is 2.17. The van der Waals surface area contributed by atoms with Crippen molar-refractivity contribution in [2.24, 2.45) is 0 Å². The Morgan fingerprint density at radius 3 is 2.86 bits per heavy atom. The highest BCUT2D eigenvalue weighted by Crippen LogP contribution is 2.17. The van der Waals surface area contributed by atoms with Gasteiger partial charge in [0.25, 0.3) is 5.91 Å². The molecule has 0 saturated carbocycles. The Morgan fingerprint density at radius 2 is 2.14 bits per heavy atom. The van der Waals surface area contributed by atoms with Crippen molar-refractivity contribution in [2.75, 3.05) is 11.9 Å². The molecule has 112 valence electrons. The Morgan fingerprint density at radius 1 is 1.33 bits per heavy atom. The van der Waals surface area contributed by atoms with Crippen LogP contribution < -0.4 is 10.6 Å². The van der Waals surface area contributed by atoms with Crippen molar-refractivity contribution >= 4 is 11.6 Å². The zero-order chi connectivity index (χ0) is 15.2. The minimum Gasteiger partial charge on any atom is -0.360 e. The van der Waals surface area contributed by atoms with Crippen LogP contribution in [0.5, 0.6) is 0 Å². The predicted octanol–water partition coefficient (Wildman–Crippen LogP) is 2.91. The molecule has 0 unspecified atom stereocenters. The van der Waals surface area contributed by atoms with Gasteiger partial charge in [0.1, 0.15) is 11.3 Å². The third-order valence-electron chi connectivity index (χ3n) is 3.25. The Hall–Kier alpha value is -2.14. The number of carbonyl (C=O) groups is 1. The monoisotopic (exact) mass is 287 g/mol. The highest BCUT2D eigenvalue weighted by Gasteiger charge is 2.19. The van der Waals surface area contributed by atoms with Gasteiger partial charge in [-0.1, -0.05) is 31.1 Å². The van der Waals surface area contributed by atoms with E-state index in [1.54, 1.807) is 6.92 Å². The number of anilines is 1. The minimum absolute atomic E-state index is 0.175. The van der Waals surface area contributed by atoms with E-state index in [0.717, 1.165) is 24.3 Å². The van der Waals surface area contributed by atoms with E-state index in [4.69, 9.17) is 4.52 Å². The Labute approximate surface area is 124 Å². The maximum atomic E-state index is 12.4. The van der Waals surface area contributed by atoms with Crippen LogP contribution in [0.15, 0.2) is 28.8 Å². The molecule has 21 heavy (non-hydrogen) atoms. The van der Waals surface area contributed by atoms with Crippen LogP contribution in [0.1, 0.15) is 41.2 Å². The maximum absolute atomic E-state index is 12.4. The molecule has 0 radical (unpaired) electrons. The molecule has 1 heterocycles. The molecular weight excluding hydrogens is 266 g/mol. The summed E-state index contributed by atoms with van der Waals surface area (Å²) in [6.07, 6.45) is 0.643. The lowest BCUT2D eigenvalue weighted by Gasteiger charge is -2.08. The topological polar surface area (TPSA) is 67.2 Å². The van der Waals surface area contributed by atoms with Crippen molar-refractivity contribution in [3.05, 3.63) is 46.8 Å². The molecule has 2 aromatic rings. The van der Waals surface area contributed by atoms with Gasteiger partial charge in [-0.25, -0.2) is 0 Å². The molecule has 0 aliphatic rings. The van der Waals surface area contributed by atoms with E-state index < -0.39 is 0 Å². The lowest BCUT2D eigenvalue weighted by Crippen LogP contribution is -2.15. The maximum Gasteiger partial charge on any atom is 0.261 e. The van der Waals surface area contributed by atoms with Gasteiger partial charge < -0.3 is 15.2 Å². The van der Waals surface area contributed by atoms with Gasteiger partial charge >= 0.3 is 0 Å². The number of hydrogen-bond donors (Lipinski definition) is 2. The average molecular weight is 287 g/mol. The van der Waals surface area contributed by atoms with E-state index >= 15 is 0 Å². The molecule has 2 N–H and O–H groups in total. The van der Waals surface area contributed by atoms with Crippen molar-refractivity contribution in [1.82, 2.24) is 10.5 Å². The third kappa shape index (κ3) is 3.70. The molecule has 1 aromatic carbocycles. The van der Waals surface area contributed by atoms with Gasteiger partial charge in [0.2, 0.25) is 0 Å². The summed E-state index contributed by atoms with van der Waals surface area (Å²) >= 11 is 0. The summed E-state index contributed by atoms with van der Waals surface area (Å²) in [5.41, 5.74) is 3.06. The molecule has 5 heteroatoms. The normalized spacial score (nSPS) is 10.6. The molecule has 0 fully saturated rings. The van der Waals surface area contributed by atoms with Crippen molar-refractivity contribution in [1.29, 1.82) is 0 Å². The van der Waals surface area contributed by atoms with Gasteiger partial charge in [-0.3, -0.25) is 4.79 Å². The highest BCUT2D eigenvalue weighted by atomic mass is 16.5. The number of benzene rings is 1. The van der Waals surface area contributed by atoms with E-state index in [0.29, 0.717) is 23.4 Å². The van der Waals surface area contributed by atoms with E-state index in [1.807, 2.05) is 31.2 Å². The number of nitrogens with one attached hydrogen (secondary N) is 2. The Kier molecular flexibility index (Phi) is 5.11. The first-order valence-corrected chi connectivity index (χ1v) is 7.21. The number of nitrogens with zero attached hydrogens (tertiary/aromatic N) is 1. The van der Waals surface area contributed by atoms with Crippen LogP contribution >= 0.6 is 0 Å². The molecule has 2 rings (SSSR count). The molecule has 1 aromatic heterocycles. The molecule has 1 amide bonds. The average Bonchev–Trinajstić information content (AvgIpc) is 2.86. The molecule has 0 saturated heterocycles. The second-order valence-corrected chi connectivity index (χ2v) is 4.85. The van der Waals surface area contributed by atoms with Crippen LogP contribution in [-0.4, -0.2) is 17.6 Å². The fourth-order valence-electron chi connectivity index (χ4n) is 2.17. The highest BCUT2D eigenvalue weighted by molar-refractivity contribution is 6.05. The number of rotatable bonds is 6. The Balaban J connectivity index is 2.14. The van der Waals surface area contributed by atoms with Crippen molar-refractivity contribution in [2.45, 2.75) is 33.7 Å². The lowest BCUT2D eigenvalue weighted by atomic mass is 10.1. The van der Waals surface area contributed by atoms with Crippen LogP contribution in [0.3, 0.4) is 0 Å². The van der Waals surface area contributed by atoms with Gasteiger partial charge in [-0.05, 0) is 31.2 Å². The smallest absolute Gasteiger partial charge is 0.261 e. The third-order valence-corrected chi connectivity index (χ3v) is 3.25. The lowest BCUT2D eigenvalue weighted by molar-refractivity contribution is 0.102. The first kappa shape index (κ1) is 15.3. The standard InChI is InChI=1S/C16H21N3O2/c1-4-14-15(11(3)19-21-14)16(20)18-13-8-6-7-12(9-13)10-17-5-2/h6-9,17H,4-5,10H2,1-3H3,(H,18,20). The number of aromatic nitrogens is 1. The van der Waals surface area contributed by atoms with Gasteiger partial charge in [0.05, 0.1) is 5.69 Å². The molecule has 0 spiro atoms. The summed E-state index contributed by atoms with van der Waals surface area (Å²) in [6.45, 7) is 7.47. The number of aryl methyl sites for hydroxylation is 2. The van der Waals surface area contributed by atoms with Gasteiger partial charge in [-0.15, -0.1) is 0 Å². The number of amides is 1. The summed E-state index contributed by atoms with van der Waals surface area (Å²) in [5, 5.41) is 10.0. The molecule has 0 aliphatic heterocycles. The first-order chi connectivity index (χ1) is 10.2.